The first-order valence-corrected chi connectivity index (χ1v) is 7.60. The van der Waals surface area contributed by atoms with Gasteiger partial charge in [-0.25, -0.2) is 18.2 Å². The monoisotopic (exact) mass is 425 g/mol. The lowest BCUT2D eigenvalue weighted by Gasteiger charge is -2.09. The van der Waals surface area contributed by atoms with E-state index in [-0.39, 0.29) is 27.7 Å². The van der Waals surface area contributed by atoms with Crippen LogP contribution in [-0.2, 0) is 12.8 Å². The molecule has 1 aromatic heterocycles. The largest absolute Gasteiger partial charge is 0.322 e. The molecule has 132 valence electrons. The van der Waals surface area contributed by atoms with Crippen molar-refractivity contribution < 1.29 is 18.1 Å². The van der Waals surface area contributed by atoms with Crippen molar-refractivity contribution in [3.63, 3.8) is 0 Å². The Bertz CT molecular complexity index is 670. The Morgan fingerprint density at radius 2 is 1.83 bits per heavy atom. The quantitative estimate of drug-likeness (QED) is 0.536. The summed E-state index contributed by atoms with van der Waals surface area (Å²) in [5.74, 6) is 0. The van der Waals surface area contributed by atoms with Crippen LogP contribution in [0.4, 0.5) is 18.9 Å². The number of non-ortho nitro benzene ring substituents is 1. The molecule has 0 saturated heterocycles. The highest BCUT2D eigenvalue weighted by atomic mass is 79.9. The number of hydrogen-bond acceptors (Lipinski definition) is 5. The van der Waals surface area contributed by atoms with Gasteiger partial charge in [-0.2, -0.15) is 0 Å². The molecular formula is C14H15BrF3N3O2S. The van der Waals surface area contributed by atoms with E-state index in [9.17, 15) is 23.3 Å². The molecule has 5 nitrogen and oxygen atoms in total. The number of benzene rings is 1. The van der Waals surface area contributed by atoms with Gasteiger partial charge in [0.05, 0.1) is 21.7 Å². The molecule has 2 N–H and O–H groups in total. The van der Waals surface area contributed by atoms with Crippen molar-refractivity contribution in [2.45, 2.75) is 31.5 Å². The molecular weight excluding hydrogens is 411 g/mol. The minimum atomic E-state index is -3.03. The van der Waals surface area contributed by atoms with Gasteiger partial charge in [-0.05, 0) is 12.0 Å². The van der Waals surface area contributed by atoms with Crippen LogP contribution < -0.4 is 5.73 Å². The van der Waals surface area contributed by atoms with Gasteiger partial charge in [-0.1, -0.05) is 12.1 Å². The third-order valence-electron chi connectivity index (χ3n) is 3.20. The molecule has 2 atom stereocenters. The lowest BCUT2D eigenvalue weighted by atomic mass is 10.0. The number of nitrogens with two attached hydrogens (primary N) is 1. The fourth-order valence-electron chi connectivity index (χ4n) is 1.96. The molecule has 1 aromatic carbocycles. The first-order valence-electron chi connectivity index (χ1n) is 6.72. The average molecular weight is 426 g/mol. The normalized spacial score (nSPS) is 13.4. The lowest BCUT2D eigenvalue weighted by molar-refractivity contribution is -0.384. The van der Waals surface area contributed by atoms with E-state index in [1.807, 2.05) is 0 Å². The van der Waals surface area contributed by atoms with Crippen LogP contribution in [0.2, 0.25) is 0 Å². The SMILES string of the molecule is Br.N[C@@H](Cc1ccc([N+](=O)[O-])cc1)c1csc(CC(F)C(F)F)n1. The van der Waals surface area contributed by atoms with Crippen LogP contribution in [-0.4, -0.2) is 22.5 Å². The van der Waals surface area contributed by atoms with E-state index < -0.39 is 30.0 Å². The topological polar surface area (TPSA) is 82.0 Å². The summed E-state index contributed by atoms with van der Waals surface area (Å²) in [4.78, 5) is 14.2. The lowest BCUT2D eigenvalue weighted by Crippen LogP contribution is -2.16. The maximum atomic E-state index is 13.0. The second-order valence-corrected chi connectivity index (χ2v) is 5.90. The number of nitrogens with zero attached hydrogens (tertiary/aromatic N) is 2. The van der Waals surface area contributed by atoms with Gasteiger partial charge in [0.2, 0.25) is 0 Å². The van der Waals surface area contributed by atoms with E-state index in [0.29, 0.717) is 12.1 Å². The molecule has 24 heavy (non-hydrogen) atoms. The predicted molar refractivity (Wildman–Crippen MR) is 90.8 cm³/mol. The Hall–Kier alpha value is -1.52. The van der Waals surface area contributed by atoms with Gasteiger partial charge in [0, 0.05) is 23.9 Å². The van der Waals surface area contributed by atoms with Crippen molar-refractivity contribution in [1.29, 1.82) is 0 Å². The molecule has 0 spiro atoms. The average Bonchev–Trinajstić information content (AvgIpc) is 2.96. The Morgan fingerprint density at radius 3 is 2.38 bits per heavy atom. The van der Waals surface area contributed by atoms with Crippen molar-refractivity contribution in [3.8, 4) is 0 Å². The molecule has 0 bridgehead atoms. The summed E-state index contributed by atoms with van der Waals surface area (Å²) in [7, 11) is 0. The molecule has 0 aliphatic rings. The molecule has 0 aliphatic heterocycles. The number of rotatable bonds is 7. The van der Waals surface area contributed by atoms with Crippen LogP contribution in [0.25, 0.3) is 0 Å². The summed E-state index contributed by atoms with van der Waals surface area (Å²) in [5.41, 5.74) is 7.26. The van der Waals surface area contributed by atoms with E-state index in [0.717, 1.165) is 16.9 Å². The first-order chi connectivity index (χ1) is 10.9. The Kier molecular flexibility index (Phi) is 7.77. The van der Waals surface area contributed by atoms with Gasteiger partial charge in [-0.3, -0.25) is 10.1 Å². The molecule has 1 unspecified atom stereocenters. The number of nitro groups is 1. The highest BCUT2D eigenvalue weighted by Crippen LogP contribution is 2.22. The molecule has 1 heterocycles. The Morgan fingerprint density at radius 1 is 1.21 bits per heavy atom. The summed E-state index contributed by atoms with van der Waals surface area (Å²) in [6, 6.07) is 5.46. The zero-order valence-electron chi connectivity index (χ0n) is 12.3. The molecule has 0 amide bonds. The summed E-state index contributed by atoms with van der Waals surface area (Å²) >= 11 is 1.09. The summed E-state index contributed by atoms with van der Waals surface area (Å²) in [5, 5.41) is 12.5. The zero-order chi connectivity index (χ0) is 17.0. The molecule has 2 aromatic rings. The number of thiazole rings is 1. The highest BCUT2D eigenvalue weighted by molar-refractivity contribution is 8.93. The molecule has 0 saturated carbocycles. The number of hydrogen-bond donors (Lipinski definition) is 1. The molecule has 10 heteroatoms. The van der Waals surface area contributed by atoms with E-state index in [1.165, 1.54) is 12.1 Å². The van der Waals surface area contributed by atoms with Gasteiger partial charge in [-0.15, -0.1) is 28.3 Å². The van der Waals surface area contributed by atoms with Gasteiger partial charge < -0.3 is 5.73 Å². The van der Waals surface area contributed by atoms with Crippen LogP contribution >= 0.6 is 28.3 Å². The molecule has 2 rings (SSSR count). The zero-order valence-corrected chi connectivity index (χ0v) is 14.8. The van der Waals surface area contributed by atoms with E-state index >= 15 is 0 Å². The maximum Gasteiger partial charge on any atom is 0.269 e. The van der Waals surface area contributed by atoms with Gasteiger partial charge in [0.25, 0.3) is 12.1 Å². The van der Waals surface area contributed by atoms with Crippen LogP contribution in [0.1, 0.15) is 22.3 Å². The summed E-state index contributed by atoms with van der Waals surface area (Å²) in [6.45, 7) is 0. The van der Waals surface area contributed by atoms with Crippen LogP contribution in [0.3, 0.4) is 0 Å². The smallest absolute Gasteiger partial charge is 0.269 e. The predicted octanol–water partition coefficient (Wildman–Crippen LogP) is 4.02. The standard InChI is InChI=1S/C14H14F3N3O2S.BrH/c15-10(14(16)17)6-13-19-12(7-23-13)11(18)5-8-1-3-9(4-2-8)20(21)22;/h1-4,7,10-11,14H,5-6,18H2;1H/t10?,11-;/m0./s1. The number of aromatic nitrogens is 1. The molecule has 0 aliphatic carbocycles. The fraction of sp³-hybridized carbons (Fsp3) is 0.357. The summed E-state index contributed by atoms with van der Waals surface area (Å²) in [6.07, 6.45) is -5.32. The van der Waals surface area contributed by atoms with Crippen molar-refractivity contribution in [2.75, 3.05) is 0 Å². The Balaban J connectivity index is 0.00000288. The number of alkyl halides is 3. The van der Waals surface area contributed by atoms with E-state index in [4.69, 9.17) is 5.73 Å². The second kappa shape index (κ2) is 9.09. The minimum Gasteiger partial charge on any atom is -0.322 e. The Labute approximate surface area is 150 Å². The van der Waals surface area contributed by atoms with Gasteiger partial charge in [0.15, 0.2) is 6.17 Å². The fourth-order valence-corrected chi connectivity index (χ4v) is 2.86. The number of halogens is 4. The van der Waals surface area contributed by atoms with Crippen LogP contribution in [0.5, 0.6) is 0 Å². The van der Waals surface area contributed by atoms with Crippen molar-refractivity contribution in [2.24, 2.45) is 5.73 Å². The van der Waals surface area contributed by atoms with E-state index in [2.05, 4.69) is 4.98 Å². The van der Waals surface area contributed by atoms with Crippen molar-refractivity contribution in [3.05, 3.63) is 56.0 Å². The van der Waals surface area contributed by atoms with Crippen molar-refractivity contribution >= 4 is 34.0 Å². The number of nitro benzene ring substituents is 1. The summed E-state index contributed by atoms with van der Waals surface area (Å²) < 4.78 is 37.4. The highest BCUT2D eigenvalue weighted by Gasteiger charge is 2.22. The van der Waals surface area contributed by atoms with Gasteiger partial charge in [0.1, 0.15) is 0 Å². The first kappa shape index (κ1) is 20.5. The molecule has 0 radical (unpaired) electrons. The van der Waals surface area contributed by atoms with Crippen molar-refractivity contribution in [1.82, 2.24) is 4.98 Å². The second-order valence-electron chi connectivity index (χ2n) is 4.95. The minimum absolute atomic E-state index is 0. The van der Waals surface area contributed by atoms with E-state index in [1.54, 1.807) is 17.5 Å². The molecule has 0 fully saturated rings. The van der Waals surface area contributed by atoms with Crippen LogP contribution in [0.15, 0.2) is 29.6 Å². The third-order valence-corrected chi connectivity index (χ3v) is 4.08. The maximum absolute atomic E-state index is 13.0. The third kappa shape index (κ3) is 5.53. The van der Waals surface area contributed by atoms with Crippen LogP contribution in [0, 0.1) is 10.1 Å². The van der Waals surface area contributed by atoms with Gasteiger partial charge >= 0.3 is 0 Å².